The molecule has 0 amide bonds. The topological polar surface area (TPSA) is 71.4 Å². The second-order valence-corrected chi connectivity index (χ2v) is 8.50. The van der Waals surface area contributed by atoms with Crippen LogP contribution < -0.4 is 0 Å². The summed E-state index contributed by atoms with van der Waals surface area (Å²) in [7, 11) is 0. The molecule has 23 heavy (non-hydrogen) atoms. The van der Waals surface area contributed by atoms with Crippen LogP contribution in [0.2, 0.25) is 0 Å². The summed E-state index contributed by atoms with van der Waals surface area (Å²) in [6, 6.07) is 0. The normalized spacial score (nSPS) is 49.3. The second-order valence-electron chi connectivity index (χ2n) is 8.50. The highest BCUT2D eigenvalue weighted by Gasteiger charge is 2.67. The van der Waals surface area contributed by atoms with Gasteiger partial charge in [-0.3, -0.25) is 14.4 Å². The minimum absolute atomic E-state index is 0.00109. The number of ketones is 3. The van der Waals surface area contributed by atoms with Crippen LogP contribution in [-0.2, 0) is 14.4 Å². The van der Waals surface area contributed by atoms with Crippen molar-refractivity contribution in [3.05, 3.63) is 11.6 Å². The van der Waals surface area contributed by atoms with E-state index in [9.17, 15) is 19.5 Å². The summed E-state index contributed by atoms with van der Waals surface area (Å²) in [6.07, 6.45) is 5.43. The van der Waals surface area contributed by atoms with E-state index in [0.29, 0.717) is 37.7 Å². The Labute approximate surface area is 136 Å². The molecule has 0 bridgehead atoms. The van der Waals surface area contributed by atoms with Crippen molar-refractivity contribution in [1.82, 2.24) is 0 Å². The number of hydrogen-bond acceptors (Lipinski definition) is 4. The van der Waals surface area contributed by atoms with Gasteiger partial charge < -0.3 is 5.11 Å². The van der Waals surface area contributed by atoms with E-state index in [1.165, 1.54) is 0 Å². The number of rotatable bonds is 0. The van der Waals surface area contributed by atoms with Crippen LogP contribution in [0.3, 0.4) is 0 Å². The van der Waals surface area contributed by atoms with Gasteiger partial charge >= 0.3 is 0 Å². The van der Waals surface area contributed by atoms with E-state index in [-0.39, 0.29) is 41.0 Å². The molecular formula is C19H24O4. The SMILES string of the molecule is CC12CCC(=O)C=C1C(=O)CC1C2CCC2(C)C(=O)CCC12O. The summed E-state index contributed by atoms with van der Waals surface area (Å²) < 4.78 is 0. The Kier molecular flexibility index (Phi) is 2.92. The van der Waals surface area contributed by atoms with E-state index >= 15 is 0 Å². The van der Waals surface area contributed by atoms with E-state index in [1.54, 1.807) is 6.08 Å². The molecule has 0 aromatic carbocycles. The molecule has 3 fully saturated rings. The molecule has 4 heteroatoms. The summed E-state index contributed by atoms with van der Waals surface area (Å²) in [5.41, 5.74) is -1.40. The molecule has 4 aliphatic rings. The third-order valence-corrected chi connectivity index (χ3v) is 7.69. The van der Waals surface area contributed by atoms with E-state index < -0.39 is 11.0 Å². The van der Waals surface area contributed by atoms with Gasteiger partial charge in [-0.25, -0.2) is 0 Å². The molecule has 0 aromatic heterocycles. The van der Waals surface area contributed by atoms with Crippen molar-refractivity contribution in [3.63, 3.8) is 0 Å². The summed E-state index contributed by atoms with van der Waals surface area (Å²) in [4.78, 5) is 36.9. The Morgan fingerprint density at radius 2 is 1.78 bits per heavy atom. The van der Waals surface area contributed by atoms with Crippen molar-refractivity contribution in [1.29, 1.82) is 0 Å². The molecule has 3 saturated carbocycles. The molecule has 0 aliphatic heterocycles. The third kappa shape index (κ3) is 1.68. The van der Waals surface area contributed by atoms with E-state index in [2.05, 4.69) is 6.92 Å². The first-order chi connectivity index (χ1) is 10.7. The van der Waals surface area contributed by atoms with Crippen molar-refractivity contribution in [2.75, 3.05) is 0 Å². The van der Waals surface area contributed by atoms with E-state index in [1.807, 2.05) is 6.92 Å². The van der Waals surface area contributed by atoms with Gasteiger partial charge in [0.15, 0.2) is 11.6 Å². The van der Waals surface area contributed by atoms with E-state index in [0.717, 1.165) is 6.42 Å². The average molecular weight is 316 g/mol. The van der Waals surface area contributed by atoms with Gasteiger partial charge in [-0.05, 0) is 55.9 Å². The Morgan fingerprint density at radius 1 is 1.04 bits per heavy atom. The minimum Gasteiger partial charge on any atom is -0.389 e. The monoisotopic (exact) mass is 316 g/mol. The fourth-order valence-electron chi connectivity index (χ4n) is 6.11. The number of hydrogen-bond donors (Lipinski definition) is 1. The van der Waals surface area contributed by atoms with Gasteiger partial charge in [0.25, 0.3) is 0 Å². The smallest absolute Gasteiger partial charge is 0.159 e. The number of carbonyl (C=O) groups is 3. The summed E-state index contributed by atoms with van der Waals surface area (Å²) in [5, 5.41) is 11.5. The number of Topliss-reactive ketones (excluding diaryl/α,β-unsaturated/α-hetero) is 2. The van der Waals surface area contributed by atoms with Gasteiger partial charge in [0.05, 0.1) is 11.0 Å². The number of carbonyl (C=O) groups excluding carboxylic acids is 3. The lowest BCUT2D eigenvalue weighted by atomic mass is 9.45. The standard InChI is InChI=1S/C19H24O4/c1-17-6-3-11(20)9-14(17)15(21)10-13-12(17)4-7-18(2)16(22)5-8-19(13,18)23/h9,12-13,23H,3-8,10H2,1-2H3. The molecule has 0 radical (unpaired) electrons. The highest BCUT2D eigenvalue weighted by atomic mass is 16.3. The maximum Gasteiger partial charge on any atom is 0.159 e. The van der Waals surface area contributed by atoms with Crippen molar-refractivity contribution in [2.24, 2.45) is 22.7 Å². The van der Waals surface area contributed by atoms with Crippen LogP contribution in [0.5, 0.6) is 0 Å². The molecule has 0 saturated heterocycles. The zero-order valence-corrected chi connectivity index (χ0v) is 13.9. The lowest BCUT2D eigenvalue weighted by Crippen LogP contribution is -2.62. The van der Waals surface area contributed by atoms with Crippen LogP contribution in [0.15, 0.2) is 11.6 Å². The fourth-order valence-corrected chi connectivity index (χ4v) is 6.11. The molecule has 5 unspecified atom stereocenters. The van der Waals surface area contributed by atoms with Crippen molar-refractivity contribution in [2.45, 2.75) is 64.4 Å². The van der Waals surface area contributed by atoms with Crippen molar-refractivity contribution < 1.29 is 19.5 Å². The summed E-state index contributed by atoms with van der Waals surface area (Å²) >= 11 is 0. The molecule has 0 aromatic rings. The third-order valence-electron chi connectivity index (χ3n) is 7.69. The summed E-state index contributed by atoms with van der Waals surface area (Å²) in [6.45, 7) is 3.98. The van der Waals surface area contributed by atoms with Crippen LogP contribution in [-0.4, -0.2) is 28.1 Å². The Morgan fingerprint density at radius 3 is 2.52 bits per heavy atom. The van der Waals surface area contributed by atoms with Gasteiger partial charge in [-0.15, -0.1) is 0 Å². The lowest BCUT2D eigenvalue weighted by Gasteiger charge is -2.59. The molecule has 4 nitrogen and oxygen atoms in total. The summed E-state index contributed by atoms with van der Waals surface area (Å²) in [5.74, 6) is 0.216. The first-order valence-electron chi connectivity index (χ1n) is 8.76. The maximum atomic E-state index is 12.7. The van der Waals surface area contributed by atoms with Gasteiger partial charge in [0.1, 0.15) is 5.78 Å². The molecule has 4 rings (SSSR count). The van der Waals surface area contributed by atoms with Gasteiger partial charge in [-0.2, -0.15) is 0 Å². The number of fused-ring (bicyclic) bond motifs is 5. The molecular weight excluding hydrogens is 292 g/mol. The molecule has 0 heterocycles. The van der Waals surface area contributed by atoms with Crippen LogP contribution in [0.25, 0.3) is 0 Å². The quantitative estimate of drug-likeness (QED) is 0.745. The largest absolute Gasteiger partial charge is 0.389 e. The molecule has 0 spiro atoms. The molecule has 4 aliphatic carbocycles. The fraction of sp³-hybridized carbons (Fsp3) is 0.737. The van der Waals surface area contributed by atoms with Crippen LogP contribution in [0.4, 0.5) is 0 Å². The highest BCUT2D eigenvalue weighted by Crippen LogP contribution is 2.65. The molecule has 5 atom stereocenters. The molecule has 1 N–H and O–H groups in total. The number of allylic oxidation sites excluding steroid dienone is 1. The second kappa shape index (κ2) is 4.41. The van der Waals surface area contributed by atoms with Crippen molar-refractivity contribution in [3.8, 4) is 0 Å². The zero-order valence-electron chi connectivity index (χ0n) is 13.9. The van der Waals surface area contributed by atoms with Crippen LogP contribution in [0.1, 0.15) is 58.8 Å². The first-order valence-corrected chi connectivity index (χ1v) is 8.76. The lowest BCUT2D eigenvalue weighted by molar-refractivity contribution is -0.181. The number of aliphatic hydroxyl groups is 1. The van der Waals surface area contributed by atoms with E-state index in [4.69, 9.17) is 0 Å². The van der Waals surface area contributed by atoms with Gasteiger partial charge in [0, 0.05) is 24.8 Å². The predicted octanol–water partition coefficient (Wildman–Crippen LogP) is 2.38. The highest BCUT2D eigenvalue weighted by molar-refractivity contribution is 6.06. The first kappa shape index (κ1) is 15.3. The molecule has 124 valence electrons. The van der Waals surface area contributed by atoms with Crippen LogP contribution >= 0.6 is 0 Å². The average Bonchev–Trinajstić information content (AvgIpc) is 2.74. The Hall–Kier alpha value is -1.29. The Bertz CT molecular complexity index is 662. The predicted molar refractivity (Wildman–Crippen MR) is 83.6 cm³/mol. The van der Waals surface area contributed by atoms with Crippen LogP contribution in [0, 0.1) is 22.7 Å². The van der Waals surface area contributed by atoms with Gasteiger partial charge in [0.2, 0.25) is 0 Å². The maximum absolute atomic E-state index is 12.7. The Balaban J connectivity index is 1.81. The zero-order chi connectivity index (χ0) is 16.6. The van der Waals surface area contributed by atoms with Crippen molar-refractivity contribution >= 4 is 17.3 Å². The van der Waals surface area contributed by atoms with Gasteiger partial charge in [-0.1, -0.05) is 6.92 Å². The minimum atomic E-state index is -1.06.